The predicted octanol–water partition coefficient (Wildman–Crippen LogP) is 3.75. The first-order valence-corrected chi connectivity index (χ1v) is 12.8. The van der Waals surface area contributed by atoms with Gasteiger partial charge in [-0.15, -0.1) is 0 Å². The summed E-state index contributed by atoms with van der Waals surface area (Å²) in [6.45, 7) is 4.38. The van der Waals surface area contributed by atoms with Crippen LogP contribution in [0.2, 0.25) is 5.02 Å². The van der Waals surface area contributed by atoms with Crippen molar-refractivity contribution in [3.05, 3.63) is 57.2 Å². The quantitative estimate of drug-likeness (QED) is 0.539. The summed E-state index contributed by atoms with van der Waals surface area (Å²) in [7, 11) is 0. The zero-order chi connectivity index (χ0) is 26.0. The molecule has 1 unspecified atom stereocenters. The summed E-state index contributed by atoms with van der Waals surface area (Å²) in [5, 5.41) is 14.4. The Labute approximate surface area is 217 Å². The number of halogens is 2. The molecule has 6 rings (SSSR count). The third-order valence-corrected chi connectivity index (χ3v) is 8.42. The van der Waals surface area contributed by atoms with Crippen LogP contribution in [0.5, 0.6) is 5.75 Å². The Hall–Kier alpha value is -3.24. The lowest BCUT2D eigenvalue weighted by Gasteiger charge is -2.38. The maximum atomic E-state index is 14.3. The van der Waals surface area contributed by atoms with Gasteiger partial charge < -0.3 is 14.7 Å². The van der Waals surface area contributed by atoms with Gasteiger partial charge in [-0.1, -0.05) is 11.6 Å². The van der Waals surface area contributed by atoms with Crippen LogP contribution in [0.1, 0.15) is 58.7 Å². The van der Waals surface area contributed by atoms with Gasteiger partial charge in [0.15, 0.2) is 5.65 Å². The fourth-order valence-electron chi connectivity index (χ4n) is 6.11. The van der Waals surface area contributed by atoms with Crippen LogP contribution in [0.25, 0.3) is 5.65 Å². The summed E-state index contributed by atoms with van der Waals surface area (Å²) in [6, 6.07) is 4.23. The fraction of sp³-hybridized carbons (Fsp3) is 0.462. The second-order valence-electron chi connectivity index (χ2n) is 10.2. The van der Waals surface area contributed by atoms with E-state index < -0.39 is 11.8 Å². The number of piperidine rings is 1. The predicted molar refractivity (Wildman–Crippen MR) is 132 cm³/mol. The van der Waals surface area contributed by atoms with Crippen LogP contribution < -0.4 is 4.74 Å². The molecule has 0 saturated carbocycles. The molecule has 0 radical (unpaired) electrons. The van der Waals surface area contributed by atoms with Crippen molar-refractivity contribution < 1.29 is 23.8 Å². The molecule has 37 heavy (non-hydrogen) atoms. The van der Waals surface area contributed by atoms with Crippen LogP contribution in [-0.4, -0.2) is 66.1 Å². The van der Waals surface area contributed by atoms with E-state index in [1.807, 2.05) is 18.7 Å². The van der Waals surface area contributed by atoms with Crippen LogP contribution in [-0.2, 0) is 17.9 Å². The zero-order valence-electron chi connectivity index (χ0n) is 20.6. The van der Waals surface area contributed by atoms with E-state index in [-0.39, 0.29) is 36.4 Å². The van der Waals surface area contributed by atoms with Gasteiger partial charge in [0.25, 0.3) is 5.91 Å². The van der Waals surface area contributed by atoms with Gasteiger partial charge in [-0.2, -0.15) is 5.10 Å². The molecule has 11 heteroatoms. The molecule has 2 fully saturated rings. The largest absolute Gasteiger partial charge is 0.489 e. The Bertz CT molecular complexity index is 1430. The highest BCUT2D eigenvalue weighted by atomic mass is 35.5. The van der Waals surface area contributed by atoms with Gasteiger partial charge in [0, 0.05) is 23.7 Å². The highest BCUT2D eigenvalue weighted by Crippen LogP contribution is 2.38. The number of carbonyl (C=O) groups excluding carboxylic acids is 1. The van der Waals surface area contributed by atoms with Gasteiger partial charge in [0.05, 0.1) is 47.3 Å². The van der Waals surface area contributed by atoms with Gasteiger partial charge in [0.2, 0.25) is 0 Å². The van der Waals surface area contributed by atoms with Crippen molar-refractivity contribution in [1.29, 1.82) is 0 Å². The number of hydrogen-bond acceptors (Lipinski definition) is 6. The first-order valence-electron chi connectivity index (χ1n) is 12.5. The molecule has 1 N–H and O–H groups in total. The number of aryl methyl sites for hydroxylation is 2. The summed E-state index contributed by atoms with van der Waals surface area (Å²) in [6.07, 6.45) is 2.91. The molecule has 0 aliphatic carbocycles. The lowest BCUT2D eigenvalue weighted by molar-refractivity contribution is -0.140. The van der Waals surface area contributed by atoms with E-state index in [4.69, 9.17) is 16.3 Å². The smallest absolute Gasteiger partial charge is 0.317 e. The molecule has 1 amide bonds. The summed E-state index contributed by atoms with van der Waals surface area (Å²) < 4.78 is 22.2. The molecule has 9 nitrogen and oxygen atoms in total. The van der Waals surface area contributed by atoms with Gasteiger partial charge in [-0.05, 0) is 51.7 Å². The number of aromatic nitrogens is 3. The molecule has 2 aromatic heterocycles. The van der Waals surface area contributed by atoms with Crippen molar-refractivity contribution in [2.75, 3.05) is 6.54 Å². The lowest BCUT2D eigenvalue weighted by Crippen LogP contribution is -2.48. The van der Waals surface area contributed by atoms with E-state index in [2.05, 4.69) is 10.1 Å². The van der Waals surface area contributed by atoms with Crippen LogP contribution in [0, 0.1) is 19.7 Å². The molecule has 1 aromatic carbocycles. The number of ether oxygens (including phenoxy) is 1. The maximum absolute atomic E-state index is 14.3. The SMILES string of the molecule is Cc1nc2c3c(nn2c(C)c1Cl)CN(C(=O)c1ccc(F)cc1OC1C[C@H]2CC[C@@H](C1)N2CC(=O)O)C3. The molecular formula is C26H27ClFN5O4. The summed E-state index contributed by atoms with van der Waals surface area (Å²) >= 11 is 6.34. The number of carbonyl (C=O) groups is 2. The minimum Gasteiger partial charge on any atom is -0.489 e. The van der Waals surface area contributed by atoms with E-state index in [1.165, 1.54) is 18.2 Å². The topological polar surface area (TPSA) is 100 Å². The fourth-order valence-corrected chi connectivity index (χ4v) is 6.23. The molecule has 2 bridgehead atoms. The molecule has 2 saturated heterocycles. The van der Waals surface area contributed by atoms with E-state index in [0.717, 1.165) is 29.8 Å². The number of hydrogen-bond donors (Lipinski definition) is 1. The molecule has 3 aromatic rings. The number of aliphatic carboxylic acids is 1. The standard InChI is InChI=1S/C26H27ClFN5O4/c1-13-24(27)14(2)33-25(29-13)20-10-31(11-21(20)30-33)26(36)19-6-3-15(28)7-22(19)37-18-8-16-4-5-17(9-18)32(16)12-23(34)35/h3,6-7,16-18H,4-5,8-12H2,1-2H3,(H,34,35)/t16-,17+,18?. The lowest BCUT2D eigenvalue weighted by atomic mass is 9.99. The van der Waals surface area contributed by atoms with Crippen molar-refractivity contribution in [2.24, 2.45) is 0 Å². The average molecular weight is 528 g/mol. The van der Waals surface area contributed by atoms with Crippen LogP contribution in [0.4, 0.5) is 4.39 Å². The maximum Gasteiger partial charge on any atom is 0.317 e. The second-order valence-corrected chi connectivity index (χ2v) is 10.6. The number of benzene rings is 1. The number of fused-ring (bicyclic) bond motifs is 5. The first kappa shape index (κ1) is 24.1. The summed E-state index contributed by atoms with van der Waals surface area (Å²) in [5.41, 5.74) is 4.13. The monoisotopic (exact) mass is 527 g/mol. The Kier molecular flexibility index (Phi) is 5.83. The number of amides is 1. The zero-order valence-corrected chi connectivity index (χ0v) is 21.3. The highest BCUT2D eigenvalue weighted by Gasteiger charge is 2.42. The molecule has 3 aliphatic heterocycles. The van der Waals surface area contributed by atoms with Crippen LogP contribution >= 0.6 is 11.6 Å². The van der Waals surface area contributed by atoms with Gasteiger partial charge in [0.1, 0.15) is 17.7 Å². The third kappa shape index (κ3) is 4.12. The Morgan fingerprint density at radius 3 is 2.62 bits per heavy atom. The average Bonchev–Trinajstić information content (AvgIpc) is 3.47. The Morgan fingerprint density at radius 2 is 1.92 bits per heavy atom. The Balaban J connectivity index is 1.22. The Morgan fingerprint density at radius 1 is 1.19 bits per heavy atom. The summed E-state index contributed by atoms with van der Waals surface area (Å²) in [4.78, 5) is 33.1. The van der Waals surface area contributed by atoms with Crippen molar-refractivity contribution >= 4 is 29.1 Å². The molecule has 3 aliphatic rings. The highest BCUT2D eigenvalue weighted by molar-refractivity contribution is 6.31. The van der Waals surface area contributed by atoms with Crippen molar-refractivity contribution in [2.45, 2.75) is 70.8 Å². The van der Waals surface area contributed by atoms with Crippen molar-refractivity contribution in [3.8, 4) is 5.75 Å². The molecular weight excluding hydrogens is 501 g/mol. The van der Waals surface area contributed by atoms with E-state index in [0.29, 0.717) is 47.9 Å². The normalized spacial score (nSPS) is 23.0. The van der Waals surface area contributed by atoms with Crippen molar-refractivity contribution in [1.82, 2.24) is 24.4 Å². The number of nitrogens with zero attached hydrogens (tertiary/aromatic N) is 5. The number of carboxylic acids is 1. The number of carboxylic acid groups (broad SMARTS) is 1. The van der Waals surface area contributed by atoms with Gasteiger partial charge in [-0.3, -0.25) is 14.5 Å². The molecule has 194 valence electrons. The third-order valence-electron chi connectivity index (χ3n) is 7.87. The van der Waals surface area contributed by atoms with Crippen LogP contribution in [0.3, 0.4) is 0 Å². The van der Waals surface area contributed by atoms with Crippen molar-refractivity contribution in [3.63, 3.8) is 0 Å². The van der Waals surface area contributed by atoms with E-state index >= 15 is 0 Å². The van der Waals surface area contributed by atoms with E-state index in [1.54, 1.807) is 9.42 Å². The minimum atomic E-state index is -0.836. The van der Waals surface area contributed by atoms with Crippen LogP contribution in [0.15, 0.2) is 18.2 Å². The minimum absolute atomic E-state index is 0.0188. The molecule has 0 spiro atoms. The van der Waals surface area contributed by atoms with E-state index in [9.17, 15) is 19.1 Å². The van der Waals surface area contributed by atoms with Gasteiger partial charge in [-0.25, -0.2) is 13.9 Å². The number of rotatable bonds is 5. The first-order chi connectivity index (χ1) is 17.7. The molecule has 3 atom stereocenters. The van der Waals surface area contributed by atoms with Gasteiger partial charge >= 0.3 is 5.97 Å². The summed E-state index contributed by atoms with van der Waals surface area (Å²) in [5.74, 6) is -1.36. The molecule has 5 heterocycles. The second kappa shape index (κ2) is 8.95.